The van der Waals surface area contributed by atoms with Crippen LogP contribution in [0, 0.1) is 17.8 Å². The number of hydrogen-bond acceptors (Lipinski definition) is 16. The standard InChI is InChI=1S/C44H71N7O10.CH3FS/c1-11-35-44(7)38(51(42(56)61-44)19-13-12-18-50-25-33(47-48-50)30-15-14-16-31(45)22-30)32(17-20-52)46-24-26(2)23-43(6,57-10)39(28(4)36(53)29(5)40(55)59-35)60-41-37(54)34(49(8)9)21-27(3)58-41;1-3-2/h14-16,22,25-29,32,34-35,37-39,41,46,52,54H,11-13,17-21,23-24,45H2,1-10H3;1H3/t26-,27?,28+,29-,32-,34?,35-,37?,38-,39-,41+,43-,44-;/m1./s1. The van der Waals surface area contributed by atoms with Gasteiger partial charge in [-0.15, -0.1) is 5.10 Å². The lowest BCUT2D eigenvalue weighted by Gasteiger charge is -2.46. The van der Waals surface area contributed by atoms with E-state index in [1.54, 1.807) is 30.5 Å². The second-order valence-electron chi connectivity index (χ2n) is 18.3. The smallest absolute Gasteiger partial charge is 0.410 e. The highest BCUT2D eigenvalue weighted by Crippen LogP contribution is 2.41. The fourth-order valence-electron chi connectivity index (χ4n) is 9.67. The number of Topliss-reactive ketones (excluding diaryl/α,β-unsaturated/α-hetero) is 1. The summed E-state index contributed by atoms with van der Waals surface area (Å²) in [4.78, 5) is 46.1. The Hall–Kier alpha value is -3.43. The Morgan fingerprint density at radius 2 is 1.81 bits per heavy atom. The van der Waals surface area contributed by atoms with E-state index in [1.807, 2.05) is 70.2 Å². The topological polar surface area (TPSA) is 213 Å². The Bertz CT molecular complexity index is 1810. The number of unbranched alkanes of at least 4 members (excludes halogenated alkanes) is 1. The van der Waals surface area contributed by atoms with Crippen molar-refractivity contribution in [2.45, 2.75) is 154 Å². The van der Waals surface area contributed by atoms with Crippen LogP contribution in [0.5, 0.6) is 0 Å². The average molecular weight is 924 g/mol. The van der Waals surface area contributed by atoms with Crippen molar-refractivity contribution < 1.29 is 52.2 Å². The monoisotopic (exact) mass is 924 g/mol. The van der Waals surface area contributed by atoms with Gasteiger partial charge in [-0.1, -0.05) is 38.1 Å². The number of nitrogens with one attached hydrogen (secondary N) is 1. The van der Waals surface area contributed by atoms with E-state index in [9.17, 15) is 28.5 Å². The molecule has 2 aromatic rings. The maximum Gasteiger partial charge on any atom is 0.410 e. The number of halogens is 1. The minimum atomic E-state index is -1.34. The summed E-state index contributed by atoms with van der Waals surface area (Å²) in [5.41, 5.74) is 5.74. The van der Waals surface area contributed by atoms with Gasteiger partial charge >= 0.3 is 12.1 Å². The highest BCUT2D eigenvalue weighted by molar-refractivity contribution is 7.93. The third-order valence-electron chi connectivity index (χ3n) is 13.1. The van der Waals surface area contributed by atoms with Crippen molar-refractivity contribution in [2.75, 3.05) is 52.9 Å². The first-order valence-corrected chi connectivity index (χ1v) is 23.6. The largest absolute Gasteiger partial charge is 0.458 e. The van der Waals surface area contributed by atoms with Gasteiger partial charge in [0.1, 0.15) is 23.8 Å². The molecule has 19 heteroatoms. The van der Waals surface area contributed by atoms with Crippen LogP contribution in [0.1, 0.15) is 87.0 Å². The number of carbonyl (C=O) groups excluding carboxylic acids is 3. The number of fused-ring (bicyclic) bond motifs is 1. The molecule has 3 aliphatic heterocycles. The van der Waals surface area contributed by atoms with Gasteiger partial charge in [0.05, 0.1) is 30.0 Å². The minimum absolute atomic E-state index is 0.0924. The van der Waals surface area contributed by atoms with Gasteiger partial charge in [0.15, 0.2) is 17.7 Å². The summed E-state index contributed by atoms with van der Waals surface area (Å²) < 4.78 is 43.5. The number of hydrogen-bond donors (Lipinski definition) is 4. The molecule has 64 heavy (non-hydrogen) atoms. The number of nitrogen functional groups attached to an aromatic ring is 1. The highest BCUT2D eigenvalue weighted by atomic mass is 32.2. The first kappa shape index (κ1) is 53.2. The normalized spacial score (nSPS) is 34.3. The fraction of sp³-hybridized carbons (Fsp3) is 0.756. The van der Waals surface area contributed by atoms with Gasteiger partial charge < -0.3 is 49.8 Å². The van der Waals surface area contributed by atoms with Crippen LogP contribution in [0.15, 0.2) is 30.5 Å². The Labute approximate surface area is 382 Å². The van der Waals surface area contributed by atoms with E-state index in [0.29, 0.717) is 56.7 Å². The number of nitrogens with two attached hydrogens (primary N) is 1. The second-order valence-corrected chi connectivity index (χ2v) is 18.6. The molecule has 3 saturated heterocycles. The van der Waals surface area contributed by atoms with Gasteiger partial charge in [-0.05, 0) is 105 Å². The number of aryl methyl sites for hydroxylation is 1. The summed E-state index contributed by atoms with van der Waals surface area (Å²) in [5.74, 6) is -3.39. The van der Waals surface area contributed by atoms with E-state index >= 15 is 0 Å². The van der Waals surface area contributed by atoms with Gasteiger partial charge in [-0.25, -0.2) is 4.79 Å². The SMILES string of the molecule is CC[C@H]1OC(=O)[C@H](C)C(=O)[C@H](C)[C@@H](O[C@@H]2OC(C)CC(N(C)C)C2O)[C@](C)(OC)C[C@@H](C)CN[C@H](CCO)[C@H]2N(CCCCn3cc(-c4cccc(N)c4)nn3)C(=O)O[C@]12C.CSF. The van der Waals surface area contributed by atoms with E-state index < -0.39 is 77.6 Å². The third-order valence-corrected chi connectivity index (χ3v) is 13.1. The highest BCUT2D eigenvalue weighted by Gasteiger charge is 2.59. The first-order chi connectivity index (χ1) is 30.3. The minimum Gasteiger partial charge on any atom is -0.458 e. The molecule has 3 unspecified atom stereocenters. The zero-order valence-corrected chi connectivity index (χ0v) is 40.4. The molecule has 0 saturated carbocycles. The van der Waals surface area contributed by atoms with Crippen LogP contribution in [0.4, 0.5) is 14.4 Å². The van der Waals surface area contributed by atoms with E-state index in [1.165, 1.54) is 13.2 Å². The van der Waals surface area contributed by atoms with Gasteiger partial charge in [0.2, 0.25) is 0 Å². The van der Waals surface area contributed by atoms with Crippen molar-refractivity contribution in [1.82, 2.24) is 30.1 Å². The number of likely N-dealkylation sites (N-methyl/N-ethyl adjacent to an activating group) is 1. The number of rotatable bonds is 13. The molecule has 5 rings (SSSR count). The second kappa shape index (κ2) is 23.8. The van der Waals surface area contributed by atoms with Gasteiger partial charge in [-0.3, -0.25) is 19.2 Å². The summed E-state index contributed by atoms with van der Waals surface area (Å²) in [6, 6.07) is 6.06. The van der Waals surface area contributed by atoms with Crippen molar-refractivity contribution in [3.63, 3.8) is 0 Å². The lowest BCUT2D eigenvalue weighted by Crippen LogP contribution is -2.62. The molecule has 0 bridgehead atoms. The number of aliphatic hydroxyl groups excluding tert-OH is 2. The molecule has 0 spiro atoms. The molecule has 1 aromatic carbocycles. The molecule has 5 N–H and O–H groups in total. The summed E-state index contributed by atoms with van der Waals surface area (Å²) in [7, 11) is 5.35. The zero-order chi connectivity index (χ0) is 47.5. The molecular weight excluding hydrogens is 850 g/mol. The molecule has 1 amide bonds. The number of anilines is 1. The number of ketones is 1. The van der Waals surface area contributed by atoms with Gasteiger partial charge in [-0.2, -0.15) is 3.89 Å². The quantitative estimate of drug-likeness (QED) is 0.0913. The van der Waals surface area contributed by atoms with E-state index in [4.69, 9.17) is 29.4 Å². The number of benzene rings is 1. The van der Waals surface area contributed by atoms with Gasteiger partial charge in [0, 0.05) is 74.5 Å². The Morgan fingerprint density at radius 3 is 2.44 bits per heavy atom. The van der Waals surface area contributed by atoms with Crippen molar-refractivity contribution in [3.05, 3.63) is 30.5 Å². The first-order valence-electron chi connectivity index (χ1n) is 22.5. The van der Waals surface area contributed by atoms with Crippen LogP contribution in [0.2, 0.25) is 0 Å². The summed E-state index contributed by atoms with van der Waals surface area (Å²) in [5, 5.41) is 34.2. The van der Waals surface area contributed by atoms with Crippen LogP contribution < -0.4 is 11.1 Å². The van der Waals surface area contributed by atoms with Crippen molar-refractivity contribution in [3.8, 4) is 11.3 Å². The van der Waals surface area contributed by atoms with Gasteiger partial charge in [0.25, 0.3) is 0 Å². The maximum absolute atomic E-state index is 14.4. The summed E-state index contributed by atoms with van der Waals surface area (Å²) >= 11 is 0.250. The Balaban J connectivity index is 0.00000291. The molecule has 0 aliphatic carbocycles. The van der Waals surface area contributed by atoms with Crippen LogP contribution in [0.3, 0.4) is 0 Å². The average Bonchev–Trinajstić information content (AvgIpc) is 3.83. The lowest BCUT2D eigenvalue weighted by molar-refractivity contribution is -0.295. The molecule has 0 radical (unpaired) electrons. The molecule has 4 heterocycles. The number of nitrogens with zero attached hydrogens (tertiary/aromatic N) is 5. The fourth-order valence-corrected chi connectivity index (χ4v) is 9.67. The molecule has 1 aromatic heterocycles. The van der Waals surface area contributed by atoms with Crippen LogP contribution in [-0.4, -0.2) is 160 Å². The summed E-state index contributed by atoms with van der Waals surface area (Å²) in [6.07, 6.45) is 1.33. The zero-order valence-electron chi connectivity index (χ0n) is 39.6. The van der Waals surface area contributed by atoms with E-state index in [0.717, 1.165) is 5.56 Å². The molecule has 3 aliphatic rings. The number of aromatic nitrogens is 3. The van der Waals surface area contributed by atoms with Crippen LogP contribution >= 0.6 is 12.1 Å². The lowest BCUT2D eigenvalue weighted by atomic mass is 9.78. The number of aliphatic hydroxyl groups is 2. The molecule has 3 fully saturated rings. The van der Waals surface area contributed by atoms with E-state index in [-0.39, 0.29) is 49.7 Å². The van der Waals surface area contributed by atoms with Crippen LogP contribution in [-0.2, 0) is 39.8 Å². The molecule has 362 valence electrons. The van der Waals surface area contributed by atoms with Crippen molar-refractivity contribution >= 4 is 35.7 Å². The molecule has 13 atom stereocenters. The van der Waals surface area contributed by atoms with Crippen LogP contribution in [0.25, 0.3) is 11.3 Å². The summed E-state index contributed by atoms with van der Waals surface area (Å²) in [6.45, 7) is 13.8. The van der Waals surface area contributed by atoms with Crippen molar-refractivity contribution in [1.29, 1.82) is 0 Å². The Morgan fingerprint density at radius 1 is 1.12 bits per heavy atom. The number of amides is 1. The number of esters is 1. The maximum atomic E-state index is 14.4. The predicted molar refractivity (Wildman–Crippen MR) is 243 cm³/mol. The van der Waals surface area contributed by atoms with E-state index in [2.05, 4.69) is 22.6 Å². The number of cyclic esters (lactones) is 1. The number of ether oxygens (including phenoxy) is 5. The molecular formula is C45H74FN7O10S. The number of methoxy groups -OCH3 is 1. The Kier molecular flexibility index (Phi) is 19.8. The number of carbonyl (C=O) groups is 3. The third kappa shape index (κ3) is 12.7. The molecule has 17 nitrogen and oxygen atoms in total. The predicted octanol–water partition coefficient (Wildman–Crippen LogP) is 4.88. The van der Waals surface area contributed by atoms with Crippen molar-refractivity contribution in [2.24, 2.45) is 17.8 Å².